The van der Waals surface area contributed by atoms with E-state index >= 15 is 0 Å². The summed E-state index contributed by atoms with van der Waals surface area (Å²) in [7, 11) is 0. The van der Waals surface area contributed by atoms with Crippen LogP contribution in [0.4, 0.5) is 0 Å². The molecule has 0 N–H and O–H groups in total. The summed E-state index contributed by atoms with van der Waals surface area (Å²) in [6, 6.07) is 0. The van der Waals surface area contributed by atoms with Crippen LogP contribution in [0, 0.1) is 12.8 Å². The van der Waals surface area contributed by atoms with Gasteiger partial charge < -0.3 is 0 Å². The van der Waals surface area contributed by atoms with Crippen molar-refractivity contribution in [1.29, 1.82) is 0 Å². The highest BCUT2D eigenvalue weighted by molar-refractivity contribution is 4.62. The molecule has 1 radical (unpaired) electrons. The Balaban J connectivity index is 3.14. The predicted octanol–water partition coefficient (Wildman–Crippen LogP) is 21.0. The molecule has 0 fully saturated rings. The van der Waals surface area contributed by atoms with Crippen molar-refractivity contribution in [3.8, 4) is 0 Å². The van der Waals surface area contributed by atoms with Crippen molar-refractivity contribution in [2.45, 2.75) is 335 Å². The minimum absolute atomic E-state index is 0.712. The standard InChI is InChI=1S/C54H109/c1-4-6-8-10-12-14-16-18-20-22-24-26-28-30-32-34-36-38-40-42-44-46-48-50-52-54(3)53-51-49-47-45-43-41-39-37-35-33-31-29-27-25-23-21-19-17-15-13-11-9-7-5-2/h54H,3-53H2,1-2H3. The van der Waals surface area contributed by atoms with Gasteiger partial charge in [-0.25, -0.2) is 0 Å². The second kappa shape index (κ2) is 51.0. The topological polar surface area (TPSA) is 0 Å². The predicted molar refractivity (Wildman–Crippen MR) is 251 cm³/mol. The molecular weight excluding hydrogens is 649 g/mol. The van der Waals surface area contributed by atoms with Gasteiger partial charge in [-0.15, -0.1) is 0 Å². The highest BCUT2D eigenvalue weighted by Crippen LogP contribution is 2.20. The minimum atomic E-state index is 0.712. The molecule has 0 amide bonds. The maximum atomic E-state index is 4.49. The monoisotopic (exact) mass is 758 g/mol. The molecule has 0 heterocycles. The van der Waals surface area contributed by atoms with Crippen molar-refractivity contribution >= 4 is 0 Å². The molecule has 0 atom stereocenters. The summed E-state index contributed by atoms with van der Waals surface area (Å²) in [6.07, 6.45) is 73.5. The Bertz CT molecular complexity index is 555. The maximum Gasteiger partial charge on any atom is -0.0414 e. The Morgan fingerprint density at radius 1 is 0.185 bits per heavy atom. The van der Waals surface area contributed by atoms with Crippen LogP contribution in [-0.4, -0.2) is 0 Å². The molecule has 0 unspecified atom stereocenters. The summed E-state index contributed by atoms with van der Waals surface area (Å²) in [5, 5.41) is 0. The normalized spacial score (nSPS) is 11.8. The molecular formula is C54H109. The summed E-state index contributed by atoms with van der Waals surface area (Å²) < 4.78 is 0. The number of hydrogen-bond acceptors (Lipinski definition) is 0. The third-order valence-corrected chi connectivity index (χ3v) is 12.9. The summed E-state index contributed by atoms with van der Waals surface area (Å²) in [4.78, 5) is 0. The smallest absolute Gasteiger partial charge is 0.0414 e. The quantitative estimate of drug-likeness (QED) is 0.0542. The van der Waals surface area contributed by atoms with Crippen molar-refractivity contribution in [3.05, 3.63) is 6.92 Å². The first-order chi connectivity index (χ1) is 26.8. The molecule has 0 aliphatic heterocycles. The van der Waals surface area contributed by atoms with E-state index in [4.69, 9.17) is 0 Å². The molecule has 325 valence electrons. The summed E-state index contributed by atoms with van der Waals surface area (Å²) in [6.45, 7) is 9.12. The van der Waals surface area contributed by atoms with E-state index in [9.17, 15) is 0 Å². The third-order valence-electron chi connectivity index (χ3n) is 12.9. The van der Waals surface area contributed by atoms with Crippen molar-refractivity contribution in [2.75, 3.05) is 0 Å². The van der Waals surface area contributed by atoms with Gasteiger partial charge in [0.15, 0.2) is 0 Å². The fourth-order valence-corrected chi connectivity index (χ4v) is 8.93. The Labute approximate surface area is 346 Å². The van der Waals surface area contributed by atoms with E-state index in [0.29, 0.717) is 5.92 Å². The van der Waals surface area contributed by atoms with Gasteiger partial charge in [0.1, 0.15) is 0 Å². The molecule has 0 saturated carbocycles. The zero-order valence-electron chi connectivity index (χ0n) is 38.6. The van der Waals surface area contributed by atoms with E-state index in [0.717, 1.165) is 0 Å². The lowest BCUT2D eigenvalue weighted by molar-refractivity contribution is 0.459. The lowest BCUT2D eigenvalue weighted by atomic mass is 9.95. The zero-order chi connectivity index (χ0) is 38.9. The van der Waals surface area contributed by atoms with Gasteiger partial charge >= 0.3 is 0 Å². The van der Waals surface area contributed by atoms with Crippen LogP contribution >= 0.6 is 0 Å². The highest BCUT2D eigenvalue weighted by atomic mass is 14.1. The Morgan fingerprint density at radius 3 is 0.426 bits per heavy atom. The van der Waals surface area contributed by atoms with Gasteiger partial charge in [-0.2, -0.15) is 0 Å². The van der Waals surface area contributed by atoms with Gasteiger partial charge in [0.2, 0.25) is 0 Å². The molecule has 0 aliphatic carbocycles. The first-order valence-corrected chi connectivity index (χ1v) is 26.6. The molecule has 0 nitrogen and oxygen atoms in total. The number of hydrogen-bond donors (Lipinski definition) is 0. The molecule has 0 heteroatoms. The molecule has 0 bridgehead atoms. The highest BCUT2D eigenvalue weighted by Gasteiger charge is 2.03. The van der Waals surface area contributed by atoms with Gasteiger partial charge in [-0.3, -0.25) is 0 Å². The zero-order valence-corrected chi connectivity index (χ0v) is 38.6. The lowest BCUT2D eigenvalue weighted by Crippen LogP contribution is -1.95. The molecule has 0 aromatic rings. The average Bonchev–Trinajstić information content (AvgIpc) is 3.18. The van der Waals surface area contributed by atoms with Crippen molar-refractivity contribution in [2.24, 2.45) is 5.92 Å². The van der Waals surface area contributed by atoms with E-state index in [1.54, 1.807) is 0 Å². The molecule has 0 aromatic carbocycles. The van der Waals surface area contributed by atoms with Crippen LogP contribution in [0.2, 0.25) is 0 Å². The van der Waals surface area contributed by atoms with Gasteiger partial charge in [-0.05, 0) is 5.92 Å². The molecule has 0 rings (SSSR count). The fraction of sp³-hybridized carbons (Fsp3) is 0.981. The second-order valence-electron chi connectivity index (χ2n) is 18.7. The third kappa shape index (κ3) is 50.0. The summed E-state index contributed by atoms with van der Waals surface area (Å²) in [5.74, 6) is 0.712. The van der Waals surface area contributed by atoms with Crippen molar-refractivity contribution < 1.29 is 0 Å². The molecule has 0 aromatic heterocycles. The van der Waals surface area contributed by atoms with E-state index in [1.807, 2.05) is 0 Å². The van der Waals surface area contributed by atoms with Crippen molar-refractivity contribution in [1.82, 2.24) is 0 Å². The molecule has 54 heavy (non-hydrogen) atoms. The van der Waals surface area contributed by atoms with E-state index < -0.39 is 0 Å². The van der Waals surface area contributed by atoms with E-state index in [2.05, 4.69) is 20.8 Å². The first-order valence-electron chi connectivity index (χ1n) is 26.6. The average molecular weight is 758 g/mol. The van der Waals surface area contributed by atoms with Crippen LogP contribution in [-0.2, 0) is 0 Å². The molecule has 0 saturated heterocycles. The maximum absolute atomic E-state index is 4.49. The van der Waals surface area contributed by atoms with Gasteiger partial charge in [-0.1, -0.05) is 342 Å². The SMILES string of the molecule is [CH2]C(CCCCCCCCCCCCCCCCCCCCCCCCCC)CCCCCCCCCCCCCCCCCCCCCCCCCC. The van der Waals surface area contributed by atoms with Gasteiger partial charge in [0.05, 0.1) is 0 Å². The lowest BCUT2D eigenvalue weighted by Gasteiger charge is -2.11. The van der Waals surface area contributed by atoms with Crippen LogP contribution in [0.1, 0.15) is 335 Å². The second-order valence-corrected chi connectivity index (χ2v) is 18.7. The van der Waals surface area contributed by atoms with Crippen LogP contribution in [0.5, 0.6) is 0 Å². The Morgan fingerprint density at radius 2 is 0.296 bits per heavy atom. The minimum Gasteiger partial charge on any atom is -0.0654 e. The van der Waals surface area contributed by atoms with Crippen LogP contribution in [0.25, 0.3) is 0 Å². The van der Waals surface area contributed by atoms with E-state index in [-0.39, 0.29) is 0 Å². The van der Waals surface area contributed by atoms with Crippen LogP contribution < -0.4 is 0 Å². The van der Waals surface area contributed by atoms with E-state index in [1.165, 1.54) is 321 Å². The first kappa shape index (κ1) is 54.0. The Kier molecular flexibility index (Phi) is 51.0. The summed E-state index contributed by atoms with van der Waals surface area (Å²) >= 11 is 0. The molecule has 0 aliphatic rings. The Hall–Kier alpha value is 0. The van der Waals surface area contributed by atoms with Gasteiger partial charge in [0.25, 0.3) is 0 Å². The number of rotatable bonds is 50. The van der Waals surface area contributed by atoms with Crippen LogP contribution in [0.3, 0.4) is 0 Å². The largest absolute Gasteiger partial charge is 0.0654 e. The fourth-order valence-electron chi connectivity index (χ4n) is 8.93. The van der Waals surface area contributed by atoms with Crippen LogP contribution in [0.15, 0.2) is 0 Å². The number of unbranched alkanes of at least 4 members (excludes halogenated alkanes) is 46. The van der Waals surface area contributed by atoms with Crippen molar-refractivity contribution in [3.63, 3.8) is 0 Å². The summed E-state index contributed by atoms with van der Waals surface area (Å²) in [5.41, 5.74) is 0. The van der Waals surface area contributed by atoms with Gasteiger partial charge in [0, 0.05) is 0 Å². The molecule has 0 spiro atoms.